The number of urea groups is 1. The van der Waals surface area contributed by atoms with Gasteiger partial charge in [0, 0.05) is 43.0 Å². The topological polar surface area (TPSA) is 162 Å². The maximum atomic E-state index is 13.0. The fraction of sp³-hybridized carbons (Fsp3) is 0.281. The molecular weight excluding hydrogens is 578 g/mol. The number of nitrogens with zero attached hydrogens (tertiary/aromatic N) is 5. The monoisotopic (exact) mass is 613 g/mol. The first-order valence-electron chi connectivity index (χ1n) is 14.3. The lowest BCUT2D eigenvalue weighted by Crippen LogP contribution is -2.43. The Balaban J connectivity index is 1.25. The number of ether oxygens (including phenoxy) is 1. The molecule has 2 aromatic heterocycles. The summed E-state index contributed by atoms with van der Waals surface area (Å²) >= 11 is 0. The van der Waals surface area contributed by atoms with E-state index in [4.69, 9.17) is 9.84 Å². The van der Waals surface area contributed by atoms with Crippen LogP contribution < -0.4 is 15.4 Å². The zero-order valence-electron chi connectivity index (χ0n) is 25.4. The molecule has 1 fully saturated rings. The summed E-state index contributed by atoms with van der Waals surface area (Å²) in [5.41, 5.74) is 3.37. The molecule has 234 valence electrons. The predicted molar refractivity (Wildman–Crippen MR) is 165 cm³/mol. The molecule has 45 heavy (non-hydrogen) atoms. The summed E-state index contributed by atoms with van der Waals surface area (Å²) in [6.45, 7) is 6.48. The van der Waals surface area contributed by atoms with Gasteiger partial charge in [0.1, 0.15) is 11.6 Å². The van der Waals surface area contributed by atoms with Gasteiger partial charge in [0.15, 0.2) is 0 Å². The first kappa shape index (κ1) is 31.2. The Kier molecular flexibility index (Phi) is 8.57. The van der Waals surface area contributed by atoms with E-state index in [9.17, 15) is 24.6 Å². The highest BCUT2D eigenvalue weighted by atomic mass is 16.5. The number of pyridine rings is 1. The van der Waals surface area contributed by atoms with Gasteiger partial charge in [-0.1, -0.05) is 39.0 Å². The van der Waals surface area contributed by atoms with Gasteiger partial charge in [-0.15, -0.1) is 0 Å². The van der Waals surface area contributed by atoms with Crippen molar-refractivity contribution in [2.75, 3.05) is 24.3 Å². The number of carbonyl (C=O) groups excluding carboxylic acids is 3. The van der Waals surface area contributed by atoms with Gasteiger partial charge in [0.25, 0.3) is 0 Å². The second kappa shape index (κ2) is 12.4. The normalized spacial score (nSPS) is 14.5. The summed E-state index contributed by atoms with van der Waals surface area (Å²) in [4.78, 5) is 41.4. The van der Waals surface area contributed by atoms with Crippen molar-refractivity contribution in [3.63, 3.8) is 0 Å². The van der Waals surface area contributed by atoms with Crippen LogP contribution in [0.25, 0.3) is 5.69 Å². The summed E-state index contributed by atoms with van der Waals surface area (Å²) in [6, 6.07) is 19.2. The van der Waals surface area contributed by atoms with Gasteiger partial charge in [-0.25, -0.2) is 19.5 Å². The third kappa shape index (κ3) is 6.95. The zero-order valence-corrected chi connectivity index (χ0v) is 25.4. The van der Waals surface area contributed by atoms with E-state index < -0.39 is 23.6 Å². The van der Waals surface area contributed by atoms with Crippen molar-refractivity contribution in [2.24, 2.45) is 0 Å². The molecule has 1 aliphatic heterocycles. The number of benzene rings is 2. The maximum Gasteiger partial charge on any atom is 0.330 e. The number of nitrogens with one attached hydrogen (secondary N) is 2. The van der Waals surface area contributed by atoms with Crippen LogP contribution in [0.5, 0.6) is 5.75 Å². The first-order chi connectivity index (χ1) is 21.3. The molecule has 0 atom stereocenters. The fourth-order valence-electron chi connectivity index (χ4n) is 4.62. The van der Waals surface area contributed by atoms with Crippen LogP contribution in [-0.4, -0.2) is 72.3 Å². The van der Waals surface area contributed by atoms with Crippen molar-refractivity contribution in [3.8, 4) is 11.4 Å². The molecule has 5 rings (SSSR count). The molecule has 4 aromatic rings. The Morgan fingerprint density at radius 3 is 2.27 bits per heavy atom. The molecular formula is C32H35N7O6. The van der Waals surface area contributed by atoms with Gasteiger partial charge in [0.05, 0.1) is 24.5 Å². The van der Waals surface area contributed by atoms with E-state index in [0.717, 1.165) is 27.7 Å². The lowest BCUT2D eigenvalue weighted by Gasteiger charge is -2.23. The van der Waals surface area contributed by atoms with Crippen LogP contribution in [0.3, 0.4) is 0 Å². The molecule has 1 aliphatic rings. The smallest absolute Gasteiger partial charge is 0.330 e. The van der Waals surface area contributed by atoms with Crippen LogP contribution in [0.1, 0.15) is 37.6 Å². The molecule has 0 unspecified atom stereocenters. The minimum absolute atomic E-state index is 0.0571. The molecule has 4 N–H and O–H groups in total. The van der Waals surface area contributed by atoms with Crippen LogP contribution in [0.4, 0.5) is 16.3 Å². The van der Waals surface area contributed by atoms with Crippen LogP contribution in [0, 0.1) is 0 Å². The Hall–Kier alpha value is -5.27. The number of aliphatic hydroxyl groups is 2. The standard InChI is InChI=1S/C32H35N7O6/c1-31(2,3)26-18-27(35-30(42)34-23-9-13-25(14-10-23)45-17-15-21-6-5-16-33-19-21)39(36-26)24-11-7-22(8-12-24)20-38-29(41)32(43,44)28(40)37(38)4/h5-14,16,18-19,43-44H,15,17,20H2,1-4H3,(H2,34,35,42). The van der Waals surface area contributed by atoms with E-state index in [1.807, 2.05) is 32.9 Å². The van der Waals surface area contributed by atoms with Gasteiger partial charge in [0.2, 0.25) is 0 Å². The molecule has 0 aliphatic carbocycles. The number of hydrogen-bond acceptors (Lipinski definition) is 8. The number of rotatable bonds is 9. The van der Waals surface area contributed by atoms with Crippen LogP contribution in [-0.2, 0) is 28.0 Å². The minimum Gasteiger partial charge on any atom is -0.493 e. The van der Waals surface area contributed by atoms with Crippen molar-refractivity contribution in [3.05, 3.63) is 95.9 Å². The van der Waals surface area contributed by atoms with E-state index in [1.165, 1.54) is 7.05 Å². The number of aromatic nitrogens is 3. The quantitative estimate of drug-likeness (QED) is 0.165. The van der Waals surface area contributed by atoms with Gasteiger partial charge >= 0.3 is 23.6 Å². The van der Waals surface area contributed by atoms with Crippen molar-refractivity contribution in [1.29, 1.82) is 0 Å². The summed E-state index contributed by atoms with van der Waals surface area (Å²) in [7, 11) is 1.29. The van der Waals surface area contributed by atoms with Crippen molar-refractivity contribution >= 4 is 29.4 Å². The number of anilines is 2. The van der Waals surface area contributed by atoms with Gasteiger partial charge in [-0.3, -0.25) is 19.9 Å². The van der Waals surface area contributed by atoms with E-state index in [0.29, 0.717) is 35.1 Å². The van der Waals surface area contributed by atoms with Crippen molar-refractivity contribution in [2.45, 2.75) is 44.9 Å². The number of amides is 4. The molecule has 3 heterocycles. The van der Waals surface area contributed by atoms with Gasteiger partial charge in [-0.05, 0) is 53.6 Å². The second-order valence-corrected chi connectivity index (χ2v) is 11.7. The molecule has 0 radical (unpaired) electrons. The highest BCUT2D eigenvalue weighted by Crippen LogP contribution is 2.28. The molecule has 0 saturated carbocycles. The number of hydrogen-bond donors (Lipinski definition) is 4. The molecule has 1 saturated heterocycles. The largest absolute Gasteiger partial charge is 0.493 e. The average molecular weight is 614 g/mol. The zero-order chi connectivity index (χ0) is 32.4. The number of likely N-dealkylation sites (N-methyl/N-ethyl adjacent to an activating group) is 1. The number of carbonyl (C=O) groups is 3. The predicted octanol–water partition coefficient (Wildman–Crippen LogP) is 3.23. The van der Waals surface area contributed by atoms with Crippen molar-refractivity contribution < 1.29 is 29.3 Å². The van der Waals surface area contributed by atoms with Crippen LogP contribution >= 0.6 is 0 Å². The summed E-state index contributed by atoms with van der Waals surface area (Å²) in [6.07, 6.45) is 4.27. The highest BCUT2D eigenvalue weighted by Gasteiger charge is 2.55. The average Bonchev–Trinajstić information content (AvgIpc) is 3.49. The third-order valence-electron chi connectivity index (χ3n) is 7.21. The van der Waals surface area contributed by atoms with Gasteiger partial charge in [-0.2, -0.15) is 5.10 Å². The molecule has 13 heteroatoms. The molecule has 0 spiro atoms. The third-order valence-corrected chi connectivity index (χ3v) is 7.21. The number of hydrazine groups is 1. The Morgan fingerprint density at radius 1 is 0.956 bits per heavy atom. The summed E-state index contributed by atoms with van der Waals surface area (Å²) < 4.78 is 7.41. The Bertz CT molecular complexity index is 1680. The van der Waals surface area contributed by atoms with E-state index in [1.54, 1.807) is 71.7 Å². The lowest BCUT2D eigenvalue weighted by atomic mass is 9.92. The van der Waals surface area contributed by atoms with Crippen LogP contribution in [0.2, 0.25) is 0 Å². The maximum absolute atomic E-state index is 13.0. The molecule has 4 amide bonds. The summed E-state index contributed by atoms with van der Waals surface area (Å²) in [5, 5.41) is 31.9. The van der Waals surface area contributed by atoms with Gasteiger partial charge < -0.3 is 20.3 Å². The van der Waals surface area contributed by atoms with E-state index in [2.05, 4.69) is 15.6 Å². The molecule has 13 nitrogen and oxygen atoms in total. The molecule has 2 aromatic carbocycles. The fourth-order valence-corrected chi connectivity index (χ4v) is 4.62. The van der Waals surface area contributed by atoms with E-state index >= 15 is 0 Å². The SMILES string of the molecule is CN1C(=O)C(O)(O)C(=O)N1Cc1ccc(-n2nc(C(C)(C)C)cc2NC(=O)Nc2ccc(OCCc3cccnc3)cc2)cc1. The summed E-state index contributed by atoms with van der Waals surface area (Å²) in [5.74, 6) is -4.21. The highest BCUT2D eigenvalue weighted by molar-refractivity contribution is 6.10. The minimum atomic E-state index is -3.08. The van der Waals surface area contributed by atoms with Crippen molar-refractivity contribution in [1.82, 2.24) is 24.8 Å². The second-order valence-electron chi connectivity index (χ2n) is 11.7. The Morgan fingerprint density at radius 2 is 1.67 bits per heavy atom. The first-order valence-corrected chi connectivity index (χ1v) is 14.3. The van der Waals surface area contributed by atoms with Crippen LogP contribution in [0.15, 0.2) is 79.1 Å². The molecule has 0 bridgehead atoms. The Labute approximate surface area is 260 Å². The lowest BCUT2D eigenvalue weighted by molar-refractivity contribution is -0.186. The van der Waals surface area contributed by atoms with E-state index in [-0.39, 0.29) is 12.0 Å².